The van der Waals surface area contributed by atoms with Crippen LogP contribution in [0, 0.1) is 11.8 Å². The Morgan fingerprint density at radius 3 is 2.25 bits per heavy atom. The van der Waals surface area contributed by atoms with Gasteiger partial charge in [-0.3, -0.25) is 15.1 Å². The number of carbonyl (C=O) groups is 1. The van der Waals surface area contributed by atoms with Gasteiger partial charge in [0, 0.05) is 7.05 Å². The summed E-state index contributed by atoms with van der Waals surface area (Å²) in [5.41, 5.74) is 2.39. The second-order valence-corrected chi connectivity index (χ2v) is 6.17. The summed E-state index contributed by atoms with van der Waals surface area (Å²) in [6.07, 6.45) is 4.22. The second-order valence-electron chi connectivity index (χ2n) is 6.17. The van der Waals surface area contributed by atoms with Crippen LogP contribution >= 0.6 is 0 Å². The molecule has 1 spiro atoms. The highest BCUT2D eigenvalue weighted by Crippen LogP contribution is 2.48. The van der Waals surface area contributed by atoms with Gasteiger partial charge in [-0.2, -0.15) is 0 Å². The number of aliphatic imine (C=N–C) groups is 1. The number of hydrogen-bond donors (Lipinski definition) is 2. The Hall–Kier alpha value is -1.84. The molecule has 4 nitrogen and oxygen atoms in total. The summed E-state index contributed by atoms with van der Waals surface area (Å²) in [5, 5.41) is 6.35. The van der Waals surface area contributed by atoms with E-state index >= 15 is 0 Å². The van der Waals surface area contributed by atoms with Crippen LogP contribution in [0.2, 0.25) is 0 Å². The van der Waals surface area contributed by atoms with Gasteiger partial charge < -0.3 is 5.32 Å². The first kappa shape index (κ1) is 11.9. The van der Waals surface area contributed by atoms with Crippen LogP contribution in [0.1, 0.15) is 24.0 Å². The van der Waals surface area contributed by atoms with Gasteiger partial charge in [-0.25, -0.2) is 0 Å². The summed E-state index contributed by atoms with van der Waals surface area (Å²) in [6, 6.07) is 8.63. The van der Waals surface area contributed by atoms with E-state index in [0.717, 1.165) is 25.7 Å². The molecule has 0 aromatic heterocycles. The third kappa shape index (κ3) is 1.42. The van der Waals surface area contributed by atoms with Gasteiger partial charge in [0.15, 0.2) is 5.96 Å². The first-order valence-corrected chi connectivity index (χ1v) is 7.37. The molecule has 2 N–H and O–H groups in total. The molecule has 1 aliphatic heterocycles. The number of rotatable bonds is 0. The Morgan fingerprint density at radius 1 is 1.15 bits per heavy atom. The van der Waals surface area contributed by atoms with Crippen molar-refractivity contribution in [3.8, 4) is 0 Å². The standard InChI is InChI=1S/C16H19N3O/c1-17-15-18-14(20)16(19-15)12-6-7-13(16)9-11-5-3-2-4-10(11)8-12/h2-5,12-13H,6-9H2,1H3,(H2,17,18,19,20). The molecule has 2 fully saturated rings. The Labute approximate surface area is 118 Å². The summed E-state index contributed by atoms with van der Waals surface area (Å²) in [5.74, 6) is 1.50. The van der Waals surface area contributed by atoms with Gasteiger partial charge in [-0.05, 0) is 48.6 Å². The fourth-order valence-electron chi connectivity index (χ4n) is 4.39. The van der Waals surface area contributed by atoms with Crippen molar-refractivity contribution in [2.45, 2.75) is 31.2 Å². The summed E-state index contributed by atoms with van der Waals surface area (Å²) in [4.78, 5) is 16.8. The minimum atomic E-state index is -0.437. The number of hydrogen-bond acceptors (Lipinski definition) is 2. The summed E-state index contributed by atoms with van der Waals surface area (Å²) in [6.45, 7) is 0. The van der Waals surface area contributed by atoms with Crippen LogP contribution in [0.3, 0.4) is 0 Å². The molecule has 2 unspecified atom stereocenters. The SMILES string of the molecule is CN=C1NC(=O)C2(N1)C1CCC2Cc2ccccc2C1. The summed E-state index contributed by atoms with van der Waals surface area (Å²) >= 11 is 0. The van der Waals surface area contributed by atoms with Crippen LogP contribution in [0.15, 0.2) is 29.3 Å². The number of fused-ring (bicyclic) bond motifs is 1. The van der Waals surface area contributed by atoms with Crippen molar-refractivity contribution in [1.29, 1.82) is 0 Å². The number of amides is 1. The van der Waals surface area contributed by atoms with Crippen LogP contribution < -0.4 is 10.6 Å². The number of nitrogens with one attached hydrogen (secondary N) is 2. The molecule has 1 aromatic carbocycles. The topological polar surface area (TPSA) is 53.5 Å². The molecule has 0 radical (unpaired) electrons. The van der Waals surface area contributed by atoms with Gasteiger partial charge >= 0.3 is 0 Å². The van der Waals surface area contributed by atoms with Crippen molar-refractivity contribution in [2.75, 3.05) is 7.05 Å². The lowest BCUT2D eigenvalue weighted by Crippen LogP contribution is -2.55. The molecule has 4 heteroatoms. The van der Waals surface area contributed by atoms with Gasteiger partial charge in [0.05, 0.1) is 0 Å². The maximum Gasteiger partial charge on any atom is 0.253 e. The molecule has 3 aliphatic rings. The van der Waals surface area contributed by atoms with Crippen molar-refractivity contribution < 1.29 is 4.79 Å². The molecule has 1 aromatic rings. The predicted octanol–water partition coefficient (Wildman–Crippen LogP) is 1.26. The zero-order chi connectivity index (χ0) is 13.7. The average molecular weight is 269 g/mol. The van der Waals surface area contributed by atoms with Crippen LogP contribution in [0.5, 0.6) is 0 Å². The molecule has 1 saturated carbocycles. The Morgan fingerprint density at radius 2 is 1.75 bits per heavy atom. The first-order chi connectivity index (χ1) is 9.74. The minimum absolute atomic E-state index is 0.124. The van der Waals surface area contributed by atoms with E-state index in [9.17, 15) is 4.79 Å². The maximum absolute atomic E-state index is 12.6. The van der Waals surface area contributed by atoms with Crippen molar-refractivity contribution in [3.63, 3.8) is 0 Å². The molecule has 2 aliphatic carbocycles. The Bertz CT molecular complexity index is 574. The Kier molecular flexibility index (Phi) is 2.43. The molecular weight excluding hydrogens is 250 g/mol. The van der Waals surface area contributed by atoms with Crippen LogP contribution in [-0.2, 0) is 17.6 Å². The molecule has 1 amide bonds. The van der Waals surface area contributed by atoms with E-state index in [-0.39, 0.29) is 5.91 Å². The van der Waals surface area contributed by atoms with Gasteiger partial charge in [0.2, 0.25) is 0 Å². The number of nitrogens with zero attached hydrogens (tertiary/aromatic N) is 1. The largest absolute Gasteiger partial charge is 0.341 e. The minimum Gasteiger partial charge on any atom is -0.341 e. The van der Waals surface area contributed by atoms with Gasteiger partial charge in [-0.15, -0.1) is 0 Å². The summed E-state index contributed by atoms with van der Waals surface area (Å²) < 4.78 is 0. The number of guanidine groups is 1. The van der Waals surface area contributed by atoms with E-state index < -0.39 is 5.54 Å². The lowest BCUT2D eigenvalue weighted by Gasteiger charge is -2.32. The molecule has 1 heterocycles. The van der Waals surface area contributed by atoms with Gasteiger partial charge in [0.25, 0.3) is 5.91 Å². The number of benzene rings is 1. The van der Waals surface area contributed by atoms with Crippen molar-refractivity contribution in [3.05, 3.63) is 35.4 Å². The van der Waals surface area contributed by atoms with Crippen molar-refractivity contribution in [1.82, 2.24) is 10.6 Å². The third-order valence-corrected chi connectivity index (χ3v) is 5.36. The highest BCUT2D eigenvalue weighted by Gasteiger charge is 2.59. The zero-order valence-electron chi connectivity index (χ0n) is 11.6. The zero-order valence-corrected chi connectivity index (χ0v) is 11.6. The van der Waals surface area contributed by atoms with E-state index in [1.54, 1.807) is 7.05 Å². The van der Waals surface area contributed by atoms with Crippen LogP contribution in [0.25, 0.3) is 0 Å². The third-order valence-electron chi connectivity index (χ3n) is 5.36. The molecular formula is C16H19N3O. The fraction of sp³-hybridized carbons (Fsp3) is 0.500. The average Bonchev–Trinajstić information content (AvgIpc) is 2.90. The summed E-state index contributed by atoms with van der Waals surface area (Å²) in [7, 11) is 1.72. The molecule has 2 bridgehead atoms. The number of carbonyl (C=O) groups excluding carboxylic acids is 1. The highest BCUT2D eigenvalue weighted by atomic mass is 16.2. The van der Waals surface area contributed by atoms with Crippen molar-refractivity contribution >= 4 is 11.9 Å². The lowest BCUT2D eigenvalue weighted by atomic mass is 9.79. The second kappa shape index (κ2) is 4.08. The quantitative estimate of drug-likeness (QED) is 0.745. The van der Waals surface area contributed by atoms with Crippen molar-refractivity contribution in [2.24, 2.45) is 16.8 Å². The normalized spacial score (nSPS) is 36.6. The maximum atomic E-state index is 12.6. The highest BCUT2D eigenvalue weighted by molar-refractivity contribution is 6.09. The predicted molar refractivity (Wildman–Crippen MR) is 77.4 cm³/mol. The van der Waals surface area contributed by atoms with E-state index in [1.807, 2.05) is 0 Å². The van der Waals surface area contributed by atoms with E-state index in [2.05, 4.69) is 39.9 Å². The van der Waals surface area contributed by atoms with Crippen LogP contribution in [-0.4, -0.2) is 24.5 Å². The molecule has 1 saturated heterocycles. The van der Waals surface area contributed by atoms with Gasteiger partial charge in [0.1, 0.15) is 5.54 Å². The van der Waals surface area contributed by atoms with Gasteiger partial charge in [-0.1, -0.05) is 24.3 Å². The Balaban J connectivity index is 1.80. The molecule has 4 rings (SSSR count). The van der Waals surface area contributed by atoms with Crippen LogP contribution in [0.4, 0.5) is 0 Å². The van der Waals surface area contributed by atoms with E-state index in [4.69, 9.17) is 0 Å². The molecule has 20 heavy (non-hydrogen) atoms. The molecule has 2 atom stereocenters. The molecule has 104 valence electrons. The first-order valence-electron chi connectivity index (χ1n) is 7.37. The van der Waals surface area contributed by atoms with E-state index in [1.165, 1.54) is 11.1 Å². The van der Waals surface area contributed by atoms with E-state index in [0.29, 0.717) is 17.8 Å². The fourth-order valence-corrected chi connectivity index (χ4v) is 4.39. The smallest absolute Gasteiger partial charge is 0.253 e. The lowest BCUT2D eigenvalue weighted by molar-refractivity contribution is -0.126. The monoisotopic (exact) mass is 269 g/mol.